The van der Waals surface area contributed by atoms with Crippen LogP contribution in [0.3, 0.4) is 0 Å². The zero-order valence-electron chi connectivity index (χ0n) is 16.1. The van der Waals surface area contributed by atoms with Crippen LogP contribution in [0, 0.1) is 18.6 Å². The van der Waals surface area contributed by atoms with Gasteiger partial charge in [0.05, 0.1) is 5.56 Å². The van der Waals surface area contributed by atoms with E-state index in [0.717, 1.165) is 41.8 Å². The van der Waals surface area contributed by atoms with E-state index in [0.29, 0.717) is 18.9 Å². The molecular weight excluding hydrogens is 372 g/mol. The molecule has 0 bridgehead atoms. The van der Waals surface area contributed by atoms with Gasteiger partial charge in [-0.15, -0.1) is 0 Å². The highest BCUT2D eigenvalue weighted by Crippen LogP contribution is 2.28. The second kappa shape index (κ2) is 8.07. The average molecular weight is 393 g/mol. The number of halogens is 2. The first-order valence-corrected chi connectivity index (χ1v) is 9.65. The molecule has 4 nitrogen and oxygen atoms in total. The Labute approximate surface area is 168 Å². The van der Waals surface area contributed by atoms with E-state index >= 15 is 0 Å². The maximum atomic E-state index is 14.0. The van der Waals surface area contributed by atoms with Crippen molar-refractivity contribution >= 4 is 5.91 Å². The lowest BCUT2D eigenvalue weighted by Gasteiger charge is -2.32. The van der Waals surface area contributed by atoms with E-state index in [1.54, 1.807) is 11.1 Å². The summed E-state index contributed by atoms with van der Waals surface area (Å²) >= 11 is 0. The quantitative estimate of drug-likeness (QED) is 0.645. The maximum Gasteiger partial charge on any atom is 0.256 e. The SMILES string of the molecule is Cc1cccc(-c2nccc([C@@H]3CCCN(C(=O)c4ccc(F)cc4F)C3)n2)c1. The van der Waals surface area contributed by atoms with Crippen LogP contribution in [0.1, 0.15) is 40.4 Å². The molecule has 0 radical (unpaired) electrons. The molecule has 0 aliphatic carbocycles. The maximum absolute atomic E-state index is 14.0. The van der Waals surface area contributed by atoms with Crippen molar-refractivity contribution in [2.24, 2.45) is 0 Å². The second-order valence-electron chi connectivity index (χ2n) is 7.39. The zero-order valence-corrected chi connectivity index (χ0v) is 16.1. The molecular formula is C23H21F2N3O. The Morgan fingerprint density at radius 3 is 2.79 bits per heavy atom. The van der Waals surface area contributed by atoms with Crippen LogP contribution in [0.15, 0.2) is 54.7 Å². The molecule has 1 aromatic heterocycles. The highest BCUT2D eigenvalue weighted by molar-refractivity contribution is 5.94. The van der Waals surface area contributed by atoms with Gasteiger partial charge >= 0.3 is 0 Å². The summed E-state index contributed by atoms with van der Waals surface area (Å²) in [6, 6.07) is 12.9. The van der Waals surface area contributed by atoms with Crippen LogP contribution in [-0.4, -0.2) is 33.9 Å². The van der Waals surface area contributed by atoms with Gasteiger partial charge in [0, 0.05) is 42.5 Å². The lowest BCUT2D eigenvalue weighted by molar-refractivity contribution is 0.0701. The van der Waals surface area contributed by atoms with Crippen molar-refractivity contribution in [3.8, 4) is 11.4 Å². The van der Waals surface area contributed by atoms with Crippen molar-refractivity contribution in [2.45, 2.75) is 25.7 Å². The number of hydrogen-bond donors (Lipinski definition) is 0. The van der Waals surface area contributed by atoms with Gasteiger partial charge in [0.1, 0.15) is 11.6 Å². The summed E-state index contributed by atoms with van der Waals surface area (Å²) in [5.74, 6) is -1.25. The first-order valence-electron chi connectivity index (χ1n) is 9.65. The Morgan fingerprint density at radius 1 is 1.14 bits per heavy atom. The standard InChI is InChI=1S/C23H21F2N3O/c1-15-4-2-5-16(12-15)22-26-10-9-21(27-22)17-6-3-11-28(14-17)23(29)19-8-7-18(24)13-20(19)25/h2,4-5,7-10,12-13,17H,3,6,11,14H2,1H3/t17-/m1/s1. The number of carbonyl (C=O) groups is 1. The first kappa shape index (κ1) is 19.2. The van der Waals surface area contributed by atoms with Crippen LogP contribution in [0.5, 0.6) is 0 Å². The number of likely N-dealkylation sites (tertiary alicyclic amines) is 1. The third kappa shape index (κ3) is 4.16. The molecule has 6 heteroatoms. The first-order chi connectivity index (χ1) is 14.0. The number of rotatable bonds is 3. The van der Waals surface area contributed by atoms with Crippen LogP contribution in [0.2, 0.25) is 0 Å². The number of hydrogen-bond acceptors (Lipinski definition) is 3. The molecule has 1 aliphatic rings. The normalized spacial score (nSPS) is 16.7. The van der Waals surface area contributed by atoms with E-state index < -0.39 is 17.5 Å². The molecule has 0 spiro atoms. The molecule has 1 atom stereocenters. The van der Waals surface area contributed by atoms with Gasteiger partial charge in [-0.3, -0.25) is 4.79 Å². The molecule has 1 saturated heterocycles. The van der Waals surface area contributed by atoms with Crippen molar-refractivity contribution in [1.82, 2.24) is 14.9 Å². The predicted octanol–water partition coefficient (Wildman–Crippen LogP) is 4.75. The predicted molar refractivity (Wildman–Crippen MR) is 106 cm³/mol. The fraction of sp³-hybridized carbons (Fsp3) is 0.261. The van der Waals surface area contributed by atoms with Gasteiger partial charge in [-0.2, -0.15) is 0 Å². The molecule has 148 valence electrons. The lowest BCUT2D eigenvalue weighted by Crippen LogP contribution is -2.39. The number of aromatic nitrogens is 2. The summed E-state index contributed by atoms with van der Waals surface area (Å²) in [5, 5.41) is 0. The van der Waals surface area contributed by atoms with E-state index in [2.05, 4.69) is 4.98 Å². The number of nitrogens with zero attached hydrogens (tertiary/aromatic N) is 3. The van der Waals surface area contributed by atoms with Gasteiger partial charge in [-0.25, -0.2) is 18.7 Å². The minimum atomic E-state index is -0.833. The van der Waals surface area contributed by atoms with E-state index in [1.165, 1.54) is 6.07 Å². The van der Waals surface area contributed by atoms with Crippen LogP contribution in [-0.2, 0) is 0 Å². The number of carbonyl (C=O) groups excluding carboxylic acids is 1. The number of benzene rings is 2. The number of piperidine rings is 1. The third-order valence-electron chi connectivity index (χ3n) is 5.24. The van der Waals surface area contributed by atoms with Gasteiger partial charge in [0.15, 0.2) is 5.82 Å². The molecule has 1 amide bonds. The molecule has 1 aliphatic heterocycles. The summed E-state index contributed by atoms with van der Waals surface area (Å²) in [5.41, 5.74) is 2.85. The Balaban J connectivity index is 1.56. The highest BCUT2D eigenvalue weighted by atomic mass is 19.1. The fourth-order valence-corrected chi connectivity index (χ4v) is 3.76. The van der Waals surface area contributed by atoms with Gasteiger partial charge < -0.3 is 4.90 Å². The molecule has 3 aromatic rings. The Morgan fingerprint density at radius 2 is 2.00 bits per heavy atom. The molecule has 1 fully saturated rings. The molecule has 0 N–H and O–H groups in total. The Hall–Kier alpha value is -3.15. The zero-order chi connectivity index (χ0) is 20.4. The minimum Gasteiger partial charge on any atom is -0.338 e. The monoisotopic (exact) mass is 393 g/mol. The molecule has 4 rings (SSSR count). The van der Waals surface area contributed by atoms with E-state index in [9.17, 15) is 13.6 Å². The Bertz CT molecular complexity index is 1050. The number of amides is 1. The Kier molecular flexibility index (Phi) is 5.34. The van der Waals surface area contributed by atoms with Gasteiger partial charge in [0.2, 0.25) is 0 Å². The molecule has 2 heterocycles. The van der Waals surface area contributed by atoms with Crippen LogP contribution in [0.25, 0.3) is 11.4 Å². The van der Waals surface area contributed by atoms with Crippen molar-refractivity contribution in [3.05, 3.63) is 83.2 Å². The largest absolute Gasteiger partial charge is 0.338 e. The van der Waals surface area contributed by atoms with Gasteiger partial charge in [-0.05, 0) is 44.0 Å². The third-order valence-corrected chi connectivity index (χ3v) is 5.24. The molecule has 0 unspecified atom stereocenters. The van der Waals surface area contributed by atoms with Crippen molar-refractivity contribution in [3.63, 3.8) is 0 Å². The number of aryl methyl sites for hydroxylation is 1. The second-order valence-corrected chi connectivity index (χ2v) is 7.39. The molecule has 0 saturated carbocycles. The summed E-state index contributed by atoms with van der Waals surface area (Å²) in [6.45, 7) is 3.01. The summed E-state index contributed by atoms with van der Waals surface area (Å²) in [6.07, 6.45) is 3.42. The topological polar surface area (TPSA) is 46.1 Å². The smallest absolute Gasteiger partial charge is 0.256 e. The summed E-state index contributed by atoms with van der Waals surface area (Å²) < 4.78 is 27.2. The van der Waals surface area contributed by atoms with Crippen LogP contribution in [0.4, 0.5) is 8.78 Å². The summed E-state index contributed by atoms with van der Waals surface area (Å²) in [7, 11) is 0. The van der Waals surface area contributed by atoms with E-state index in [-0.39, 0.29) is 11.5 Å². The molecule has 2 aromatic carbocycles. The van der Waals surface area contributed by atoms with E-state index in [4.69, 9.17) is 4.98 Å². The van der Waals surface area contributed by atoms with Gasteiger partial charge in [-0.1, -0.05) is 23.8 Å². The van der Waals surface area contributed by atoms with Crippen LogP contribution >= 0.6 is 0 Å². The van der Waals surface area contributed by atoms with Crippen molar-refractivity contribution in [1.29, 1.82) is 0 Å². The molecule has 29 heavy (non-hydrogen) atoms. The minimum absolute atomic E-state index is 0.0442. The van der Waals surface area contributed by atoms with Crippen LogP contribution < -0.4 is 0 Å². The summed E-state index contributed by atoms with van der Waals surface area (Å²) in [4.78, 5) is 23.5. The van der Waals surface area contributed by atoms with Crippen molar-refractivity contribution < 1.29 is 13.6 Å². The van der Waals surface area contributed by atoms with Gasteiger partial charge in [0.25, 0.3) is 5.91 Å². The highest BCUT2D eigenvalue weighted by Gasteiger charge is 2.28. The fourth-order valence-electron chi connectivity index (χ4n) is 3.76. The van der Waals surface area contributed by atoms with Crippen molar-refractivity contribution in [2.75, 3.05) is 13.1 Å². The average Bonchev–Trinajstić information content (AvgIpc) is 2.73. The van der Waals surface area contributed by atoms with E-state index in [1.807, 2.05) is 37.3 Å². The lowest BCUT2D eigenvalue weighted by atomic mass is 9.94.